The van der Waals surface area contributed by atoms with E-state index < -0.39 is 5.72 Å². The zero-order valence-electron chi connectivity index (χ0n) is 17.9. The molecule has 0 saturated heterocycles. The summed E-state index contributed by atoms with van der Waals surface area (Å²) in [5, 5.41) is 17.6. The molecule has 2 aliphatic rings. The Morgan fingerprint density at radius 1 is 0.935 bits per heavy atom. The van der Waals surface area contributed by atoms with Gasteiger partial charge in [-0.2, -0.15) is 0 Å². The largest absolute Gasteiger partial charge is 0.410 e. The van der Waals surface area contributed by atoms with Crippen LogP contribution in [-0.4, -0.2) is 29.4 Å². The van der Waals surface area contributed by atoms with E-state index in [1.807, 2.05) is 54.6 Å². The first kappa shape index (κ1) is 19.4. The molecule has 1 atom stereocenters. The molecule has 1 spiro atoms. The summed E-state index contributed by atoms with van der Waals surface area (Å²) in [5.41, 5.74) is 5.87. The molecule has 0 bridgehead atoms. The van der Waals surface area contributed by atoms with Crippen molar-refractivity contribution in [2.45, 2.75) is 31.4 Å². The average Bonchev–Trinajstić information content (AvgIpc) is 3.33. The lowest BCUT2D eigenvalue weighted by atomic mass is 9.75. The molecule has 3 aromatic rings. The second-order valence-electron chi connectivity index (χ2n) is 8.68. The molecule has 2 heterocycles. The third kappa shape index (κ3) is 2.76. The third-order valence-electron chi connectivity index (χ3n) is 6.81. The molecule has 0 amide bonds. The predicted molar refractivity (Wildman–Crippen MR) is 123 cm³/mol. The smallest absolute Gasteiger partial charge is 0.224 e. The van der Waals surface area contributed by atoms with E-state index in [9.17, 15) is 5.21 Å². The van der Waals surface area contributed by atoms with Gasteiger partial charge in [0.25, 0.3) is 0 Å². The Kier molecular flexibility index (Phi) is 4.36. The van der Waals surface area contributed by atoms with Gasteiger partial charge in [0.05, 0.1) is 17.5 Å². The lowest BCUT2D eigenvalue weighted by molar-refractivity contribution is -0.0591. The Morgan fingerprint density at radius 3 is 2.26 bits per heavy atom. The molecule has 3 aromatic carbocycles. The molecule has 0 aromatic heterocycles. The quantitative estimate of drug-likeness (QED) is 0.368. The summed E-state index contributed by atoms with van der Waals surface area (Å²) in [4.78, 5) is 8.42. The summed E-state index contributed by atoms with van der Waals surface area (Å²) in [7, 11) is 2.08. The molecule has 0 saturated carbocycles. The molecule has 0 fully saturated rings. The zero-order valence-corrected chi connectivity index (χ0v) is 17.9. The number of likely N-dealkylation sites (N-methyl/N-ethyl adjacent to an activating group) is 1. The predicted octanol–water partition coefficient (Wildman–Crippen LogP) is 5.16. The van der Waals surface area contributed by atoms with Crippen LogP contribution >= 0.6 is 0 Å². The minimum Gasteiger partial charge on any atom is -0.410 e. The average molecular weight is 412 g/mol. The van der Waals surface area contributed by atoms with Gasteiger partial charge in [-0.25, -0.2) is 0 Å². The molecule has 2 aliphatic heterocycles. The maximum Gasteiger partial charge on any atom is 0.224 e. The highest BCUT2D eigenvalue weighted by molar-refractivity contribution is 6.13. The van der Waals surface area contributed by atoms with Gasteiger partial charge in [0.15, 0.2) is 0 Å². The second-order valence-corrected chi connectivity index (χ2v) is 8.68. The Hall–Kier alpha value is -3.60. The summed E-state index contributed by atoms with van der Waals surface area (Å²) in [6.45, 7) is 4.45. The fraction of sp³-hybridized carbons (Fsp3) is 0.231. The van der Waals surface area contributed by atoms with Gasteiger partial charge in [-0.1, -0.05) is 83.1 Å². The maximum atomic E-state index is 9.56. The number of nitrogens with zero attached hydrogens (tertiary/aromatic N) is 3. The zero-order chi connectivity index (χ0) is 21.6. The fourth-order valence-corrected chi connectivity index (χ4v) is 4.91. The summed E-state index contributed by atoms with van der Waals surface area (Å²) in [6, 6.07) is 26.1. The number of hydrogen-bond acceptors (Lipinski definition) is 5. The molecule has 0 unspecified atom stereocenters. The van der Waals surface area contributed by atoms with Crippen LogP contribution in [0.5, 0.6) is 0 Å². The van der Waals surface area contributed by atoms with Crippen LogP contribution in [0, 0.1) is 0 Å². The number of anilines is 1. The van der Waals surface area contributed by atoms with E-state index in [1.54, 1.807) is 0 Å². The van der Waals surface area contributed by atoms with Gasteiger partial charge in [0, 0.05) is 23.9 Å². The highest BCUT2D eigenvalue weighted by atomic mass is 16.7. The van der Waals surface area contributed by atoms with Crippen LogP contribution in [0.3, 0.4) is 0 Å². The van der Waals surface area contributed by atoms with Crippen molar-refractivity contribution in [3.63, 3.8) is 0 Å². The van der Waals surface area contributed by atoms with Crippen LogP contribution in [0.15, 0.2) is 89.2 Å². The Labute approximate surface area is 182 Å². The van der Waals surface area contributed by atoms with Gasteiger partial charge >= 0.3 is 0 Å². The second kappa shape index (κ2) is 6.98. The Balaban J connectivity index is 1.42. The minimum absolute atomic E-state index is 0.215. The van der Waals surface area contributed by atoms with Gasteiger partial charge in [0.1, 0.15) is 5.71 Å². The van der Waals surface area contributed by atoms with Crippen molar-refractivity contribution in [2.75, 3.05) is 11.9 Å². The number of hydrogen-bond donors (Lipinski definition) is 1. The fourth-order valence-electron chi connectivity index (χ4n) is 4.91. The van der Waals surface area contributed by atoms with Gasteiger partial charge in [-0.15, -0.1) is 0 Å². The van der Waals surface area contributed by atoms with E-state index in [1.165, 1.54) is 11.3 Å². The number of oxime groups is 2. The monoisotopic (exact) mass is 411 g/mol. The molecule has 31 heavy (non-hydrogen) atoms. The number of benzene rings is 3. The van der Waals surface area contributed by atoms with Crippen LogP contribution < -0.4 is 4.90 Å². The van der Waals surface area contributed by atoms with E-state index in [4.69, 9.17) is 4.84 Å². The van der Waals surface area contributed by atoms with Crippen molar-refractivity contribution in [1.29, 1.82) is 0 Å². The van der Waals surface area contributed by atoms with Crippen molar-refractivity contribution < 1.29 is 10.0 Å². The first-order valence-corrected chi connectivity index (χ1v) is 10.4. The van der Waals surface area contributed by atoms with Crippen LogP contribution in [0.1, 0.15) is 42.5 Å². The molecule has 0 radical (unpaired) electrons. The lowest BCUT2D eigenvalue weighted by Crippen LogP contribution is -2.54. The molecule has 0 aliphatic carbocycles. The SMILES string of the molecule is CN1c2ccccc2C(C)(C)[C@@]12CC(c1ccc(/C(=N\O)c3ccccc3)cc1)=NO2. The highest BCUT2D eigenvalue weighted by Crippen LogP contribution is 2.55. The van der Waals surface area contributed by atoms with Crippen molar-refractivity contribution in [2.24, 2.45) is 10.3 Å². The topological polar surface area (TPSA) is 57.4 Å². The standard InChI is InChI=1S/C26H25N3O2/c1-25(2)21-11-7-8-12-23(21)29(3)26(25)17-22(28-31-26)18-13-15-20(16-14-18)24(27-30)19-9-5-4-6-10-19/h4-16,30H,17H2,1-3H3/b27-24-/t26-/m0/s1. The molecule has 5 nitrogen and oxygen atoms in total. The number of para-hydroxylation sites is 1. The van der Waals surface area contributed by atoms with E-state index in [0.717, 1.165) is 22.4 Å². The molecular weight excluding hydrogens is 386 g/mol. The molecule has 5 rings (SSSR count). The summed E-state index contributed by atoms with van der Waals surface area (Å²) < 4.78 is 0. The van der Waals surface area contributed by atoms with Crippen molar-refractivity contribution in [1.82, 2.24) is 0 Å². The first-order valence-electron chi connectivity index (χ1n) is 10.4. The van der Waals surface area contributed by atoms with E-state index in [0.29, 0.717) is 12.1 Å². The first-order chi connectivity index (χ1) is 15.0. The molecule has 1 N–H and O–H groups in total. The van der Waals surface area contributed by atoms with E-state index in [2.05, 4.69) is 60.4 Å². The lowest BCUT2D eigenvalue weighted by Gasteiger charge is -2.40. The molecule has 156 valence electrons. The maximum absolute atomic E-state index is 9.56. The van der Waals surface area contributed by atoms with Crippen molar-refractivity contribution in [3.8, 4) is 0 Å². The van der Waals surface area contributed by atoms with Gasteiger partial charge in [-0.05, 0) is 31.0 Å². The molecular formula is C26H25N3O2. The van der Waals surface area contributed by atoms with Crippen LogP contribution in [0.4, 0.5) is 5.69 Å². The van der Waals surface area contributed by atoms with Crippen molar-refractivity contribution >= 4 is 17.1 Å². The van der Waals surface area contributed by atoms with E-state index in [-0.39, 0.29) is 5.41 Å². The Morgan fingerprint density at radius 2 is 1.58 bits per heavy atom. The Bertz CT molecular complexity index is 1180. The van der Waals surface area contributed by atoms with E-state index >= 15 is 0 Å². The summed E-state index contributed by atoms with van der Waals surface area (Å²) >= 11 is 0. The number of rotatable bonds is 3. The third-order valence-corrected chi connectivity index (χ3v) is 6.81. The van der Waals surface area contributed by atoms with Crippen LogP contribution in [0.25, 0.3) is 0 Å². The van der Waals surface area contributed by atoms with Gasteiger partial charge in [0.2, 0.25) is 5.72 Å². The van der Waals surface area contributed by atoms with Gasteiger partial charge in [-0.3, -0.25) is 0 Å². The van der Waals surface area contributed by atoms with Crippen molar-refractivity contribution in [3.05, 3.63) is 101 Å². The van der Waals surface area contributed by atoms with Crippen LogP contribution in [-0.2, 0) is 10.3 Å². The summed E-state index contributed by atoms with van der Waals surface area (Å²) in [6.07, 6.45) is 0.685. The van der Waals surface area contributed by atoms with Crippen LogP contribution in [0.2, 0.25) is 0 Å². The number of fused-ring (bicyclic) bond motifs is 1. The summed E-state index contributed by atoms with van der Waals surface area (Å²) in [5.74, 6) is 0. The van der Waals surface area contributed by atoms with Gasteiger partial charge < -0.3 is 14.9 Å². The minimum atomic E-state index is -0.549. The normalized spacial score (nSPS) is 21.7. The molecule has 5 heteroatoms. The highest BCUT2D eigenvalue weighted by Gasteiger charge is 2.61.